The third kappa shape index (κ3) is 2.08. The van der Waals surface area contributed by atoms with E-state index in [2.05, 4.69) is 41.0 Å². The van der Waals surface area contributed by atoms with Gasteiger partial charge in [-0.1, -0.05) is 48.5 Å². The van der Waals surface area contributed by atoms with Crippen LogP contribution in [0.25, 0.3) is 17.0 Å². The first kappa shape index (κ1) is 13.1. The molecule has 4 rings (SSSR count). The smallest absolute Gasteiger partial charge is 0.193 e. The maximum atomic E-state index is 12.7. The minimum absolute atomic E-state index is 0.194. The molecule has 1 aliphatic rings. The van der Waals surface area contributed by atoms with Crippen LogP contribution in [0, 0.1) is 0 Å². The van der Waals surface area contributed by atoms with Crippen LogP contribution in [0.5, 0.6) is 0 Å². The molecule has 0 atom stereocenters. The Morgan fingerprint density at radius 2 is 1.73 bits per heavy atom. The maximum Gasteiger partial charge on any atom is 0.193 e. The van der Waals surface area contributed by atoms with E-state index in [1.54, 1.807) is 0 Å². The van der Waals surface area contributed by atoms with Crippen molar-refractivity contribution in [3.05, 3.63) is 87.7 Å². The van der Waals surface area contributed by atoms with E-state index in [9.17, 15) is 4.79 Å². The number of hydrogen-bond acceptors (Lipinski definition) is 1. The van der Waals surface area contributed by atoms with Crippen molar-refractivity contribution in [2.75, 3.05) is 0 Å². The van der Waals surface area contributed by atoms with Gasteiger partial charge >= 0.3 is 0 Å². The normalized spacial score (nSPS) is 13.3. The average molecular weight is 287 g/mol. The lowest BCUT2D eigenvalue weighted by atomic mass is 9.98. The zero-order chi connectivity index (χ0) is 14.9. The third-order valence-electron chi connectivity index (χ3n) is 4.33. The minimum atomic E-state index is 0.194. The van der Waals surface area contributed by atoms with Gasteiger partial charge in [0.05, 0.1) is 5.52 Å². The van der Waals surface area contributed by atoms with Crippen LogP contribution < -0.4 is 5.43 Å². The van der Waals surface area contributed by atoms with Gasteiger partial charge in [0, 0.05) is 23.2 Å². The average Bonchev–Trinajstić information content (AvgIpc) is 2.59. The predicted molar refractivity (Wildman–Crippen MR) is 91.1 cm³/mol. The van der Waals surface area contributed by atoms with Gasteiger partial charge in [-0.25, -0.2) is 0 Å². The van der Waals surface area contributed by atoms with Gasteiger partial charge in [0.25, 0.3) is 0 Å². The summed E-state index contributed by atoms with van der Waals surface area (Å²) in [7, 11) is 0. The van der Waals surface area contributed by atoms with Crippen molar-refractivity contribution < 1.29 is 0 Å². The Kier molecular flexibility index (Phi) is 3.15. The fourth-order valence-electron chi connectivity index (χ4n) is 3.26. The molecule has 0 spiro atoms. The van der Waals surface area contributed by atoms with Crippen LogP contribution in [0.3, 0.4) is 0 Å². The van der Waals surface area contributed by atoms with Gasteiger partial charge in [-0.05, 0) is 36.6 Å². The van der Waals surface area contributed by atoms with E-state index >= 15 is 0 Å². The third-order valence-corrected chi connectivity index (χ3v) is 4.33. The Morgan fingerprint density at radius 3 is 2.59 bits per heavy atom. The second-order valence-electron chi connectivity index (χ2n) is 5.72. The fraction of sp³-hybridized carbons (Fsp3) is 0.150. The standard InChI is InChI=1S/C20H17NO/c22-20-16-10-4-6-12-18(16)21(14-15-8-2-1-3-9-15)19-13-7-5-11-17(19)20/h1-4,6-10,12-13H,5,11,14H2. The summed E-state index contributed by atoms with van der Waals surface area (Å²) in [4.78, 5) is 12.7. The second-order valence-corrected chi connectivity index (χ2v) is 5.72. The van der Waals surface area contributed by atoms with Gasteiger partial charge < -0.3 is 4.57 Å². The van der Waals surface area contributed by atoms with Crippen LogP contribution in [0.15, 0.2) is 65.5 Å². The summed E-state index contributed by atoms with van der Waals surface area (Å²) in [5, 5.41) is 0.826. The molecule has 2 heteroatoms. The Balaban J connectivity index is 2.02. The Bertz CT molecular complexity index is 920. The minimum Gasteiger partial charge on any atom is -0.336 e. The number of hydrogen-bond donors (Lipinski definition) is 0. The van der Waals surface area contributed by atoms with Gasteiger partial charge in [0.2, 0.25) is 0 Å². The summed E-state index contributed by atoms with van der Waals surface area (Å²) >= 11 is 0. The highest BCUT2D eigenvalue weighted by Crippen LogP contribution is 2.23. The number of pyridine rings is 1. The summed E-state index contributed by atoms with van der Waals surface area (Å²) in [6.07, 6.45) is 6.06. The number of rotatable bonds is 2. The van der Waals surface area contributed by atoms with Gasteiger partial charge in [-0.2, -0.15) is 0 Å². The molecule has 2 nitrogen and oxygen atoms in total. The van der Waals surface area contributed by atoms with E-state index in [1.807, 2.05) is 30.3 Å². The summed E-state index contributed by atoms with van der Waals surface area (Å²) < 4.78 is 2.27. The molecule has 1 aliphatic carbocycles. The monoisotopic (exact) mass is 287 g/mol. The van der Waals surface area contributed by atoms with Crippen LogP contribution in [0.4, 0.5) is 0 Å². The van der Waals surface area contributed by atoms with Crippen LogP contribution >= 0.6 is 0 Å². The lowest BCUT2D eigenvalue weighted by Crippen LogP contribution is -2.20. The zero-order valence-electron chi connectivity index (χ0n) is 12.3. The first-order chi connectivity index (χ1) is 10.8. The molecular formula is C20H17NO. The van der Waals surface area contributed by atoms with Crippen molar-refractivity contribution in [2.45, 2.75) is 19.4 Å². The van der Waals surface area contributed by atoms with Crippen LogP contribution in [-0.4, -0.2) is 4.57 Å². The van der Waals surface area contributed by atoms with Crippen LogP contribution in [-0.2, 0) is 13.0 Å². The molecule has 0 N–H and O–H groups in total. The number of fused-ring (bicyclic) bond motifs is 2. The molecule has 0 unspecified atom stereocenters. The van der Waals surface area contributed by atoms with Crippen molar-refractivity contribution in [1.29, 1.82) is 0 Å². The first-order valence-electron chi connectivity index (χ1n) is 7.69. The van der Waals surface area contributed by atoms with Crippen molar-refractivity contribution in [2.24, 2.45) is 0 Å². The molecule has 2 aromatic carbocycles. The fourth-order valence-corrected chi connectivity index (χ4v) is 3.26. The molecule has 1 heterocycles. The highest BCUT2D eigenvalue weighted by molar-refractivity contribution is 5.82. The highest BCUT2D eigenvalue weighted by Gasteiger charge is 2.16. The van der Waals surface area contributed by atoms with Gasteiger partial charge in [-0.15, -0.1) is 0 Å². The van der Waals surface area contributed by atoms with E-state index in [0.717, 1.165) is 41.5 Å². The van der Waals surface area contributed by atoms with Crippen molar-refractivity contribution in [3.63, 3.8) is 0 Å². The molecule has 3 aromatic rings. The molecule has 0 aliphatic heterocycles. The Labute approximate surface area is 129 Å². The summed E-state index contributed by atoms with van der Waals surface area (Å²) in [6.45, 7) is 0.786. The molecule has 0 amide bonds. The summed E-state index contributed by atoms with van der Waals surface area (Å²) in [6, 6.07) is 18.3. The molecule has 0 saturated carbocycles. The quantitative estimate of drug-likeness (QED) is 0.698. The van der Waals surface area contributed by atoms with Crippen LogP contribution in [0.2, 0.25) is 0 Å². The molecule has 22 heavy (non-hydrogen) atoms. The molecule has 108 valence electrons. The predicted octanol–water partition coefficient (Wildman–Crippen LogP) is 4.01. The molecule has 0 saturated heterocycles. The lowest BCUT2D eigenvalue weighted by Gasteiger charge is -2.20. The van der Waals surface area contributed by atoms with E-state index in [1.165, 1.54) is 5.56 Å². The first-order valence-corrected chi connectivity index (χ1v) is 7.69. The SMILES string of the molecule is O=c1c2c(n(Cc3ccccc3)c3ccccc13)C=CCC2. The van der Waals surface area contributed by atoms with Crippen molar-refractivity contribution >= 4 is 17.0 Å². The van der Waals surface area contributed by atoms with E-state index in [4.69, 9.17) is 0 Å². The van der Waals surface area contributed by atoms with E-state index < -0.39 is 0 Å². The second kappa shape index (κ2) is 5.30. The maximum absolute atomic E-state index is 12.7. The highest BCUT2D eigenvalue weighted by atomic mass is 16.1. The molecular weight excluding hydrogens is 270 g/mol. The van der Waals surface area contributed by atoms with E-state index in [-0.39, 0.29) is 5.43 Å². The van der Waals surface area contributed by atoms with Gasteiger partial charge in [0.15, 0.2) is 5.43 Å². The topological polar surface area (TPSA) is 22.0 Å². The molecule has 0 fully saturated rings. The summed E-state index contributed by atoms with van der Waals surface area (Å²) in [5.41, 5.74) is 4.48. The number of aromatic nitrogens is 1. The van der Waals surface area contributed by atoms with Crippen molar-refractivity contribution in [3.8, 4) is 0 Å². The molecule has 0 radical (unpaired) electrons. The van der Waals surface area contributed by atoms with E-state index in [0.29, 0.717) is 0 Å². The Morgan fingerprint density at radius 1 is 0.955 bits per heavy atom. The van der Waals surface area contributed by atoms with Crippen LogP contribution in [0.1, 0.15) is 23.2 Å². The van der Waals surface area contributed by atoms with Crippen molar-refractivity contribution in [1.82, 2.24) is 4.57 Å². The lowest BCUT2D eigenvalue weighted by molar-refractivity contribution is 0.789. The molecule has 1 aromatic heterocycles. The summed E-state index contributed by atoms with van der Waals surface area (Å²) in [5.74, 6) is 0. The largest absolute Gasteiger partial charge is 0.336 e. The number of nitrogens with zero attached hydrogens (tertiary/aromatic N) is 1. The number of benzene rings is 2. The Hall–Kier alpha value is -2.61. The number of para-hydroxylation sites is 1. The number of allylic oxidation sites excluding steroid dienone is 1. The molecule has 0 bridgehead atoms. The van der Waals surface area contributed by atoms with Gasteiger partial charge in [0.1, 0.15) is 0 Å². The zero-order valence-corrected chi connectivity index (χ0v) is 12.3. The van der Waals surface area contributed by atoms with Gasteiger partial charge in [-0.3, -0.25) is 4.79 Å².